The summed E-state index contributed by atoms with van der Waals surface area (Å²) >= 11 is 5.90. The number of nitrogens with zero attached hydrogens (tertiary/aromatic N) is 1. The van der Waals surface area contributed by atoms with Gasteiger partial charge in [-0.15, -0.1) is 0 Å². The van der Waals surface area contributed by atoms with Gasteiger partial charge in [0.25, 0.3) is 5.56 Å². The molecule has 0 spiro atoms. The monoisotopic (exact) mass is 296 g/mol. The Morgan fingerprint density at radius 2 is 1.95 bits per heavy atom. The van der Waals surface area contributed by atoms with Crippen molar-refractivity contribution in [3.8, 4) is 5.69 Å². The van der Waals surface area contributed by atoms with E-state index in [1.54, 1.807) is 26.8 Å². The summed E-state index contributed by atoms with van der Waals surface area (Å²) in [6.45, 7) is 5.30. The molecule has 0 amide bonds. The maximum absolute atomic E-state index is 13.9. The Hall–Kier alpha value is -1.88. The summed E-state index contributed by atoms with van der Waals surface area (Å²) in [5.41, 5.74) is -0.428. The summed E-state index contributed by atoms with van der Waals surface area (Å²) in [7, 11) is 0. The number of nitrogens with one attached hydrogen (secondary N) is 1. The molecule has 0 saturated carbocycles. The highest BCUT2D eigenvalue weighted by Crippen LogP contribution is 2.18. The lowest BCUT2D eigenvalue weighted by Gasteiger charge is -2.12. The van der Waals surface area contributed by atoms with Gasteiger partial charge in [0.2, 0.25) is 0 Å². The molecular formula is C14H14ClFN2O2. The van der Waals surface area contributed by atoms with Gasteiger partial charge >= 0.3 is 5.69 Å². The molecule has 0 aliphatic heterocycles. The largest absolute Gasteiger partial charge is 0.334 e. The van der Waals surface area contributed by atoms with Crippen molar-refractivity contribution in [3.05, 3.63) is 61.1 Å². The molecule has 0 radical (unpaired) electrons. The van der Waals surface area contributed by atoms with Crippen LogP contribution in [0.15, 0.2) is 27.8 Å². The third-order valence-electron chi connectivity index (χ3n) is 3.01. The fourth-order valence-corrected chi connectivity index (χ4v) is 2.42. The second-order valence-corrected chi connectivity index (χ2v) is 5.29. The zero-order chi connectivity index (χ0) is 15.0. The van der Waals surface area contributed by atoms with E-state index < -0.39 is 17.1 Å². The molecule has 0 bridgehead atoms. The van der Waals surface area contributed by atoms with Crippen molar-refractivity contribution in [2.45, 2.75) is 26.7 Å². The molecule has 0 saturated heterocycles. The number of aryl methyl sites for hydroxylation is 1. The third-order valence-corrected chi connectivity index (χ3v) is 3.31. The van der Waals surface area contributed by atoms with E-state index in [1.807, 2.05) is 0 Å². The average Bonchev–Trinajstić information content (AvgIpc) is 2.32. The van der Waals surface area contributed by atoms with Crippen LogP contribution in [-0.4, -0.2) is 9.55 Å². The fourth-order valence-electron chi connectivity index (χ4n) is 2.04. The lowest BCUT2D eigenvalue weighted by molar-refractivity contribution is 0.610. The highest BCUT2D eigenvalue weighted by Gasteiger charge is 2.18. The zero-order valence-electron chi connectivity index (χ0n) is 11.3. The molecule has 1 aromatic heterocycles. The van der Waals surface area contributed by atoms with E-state index in [-0.39, 0.29) is 22.3 Å². The van der Waals surface area contributed by atoms with Crippen LogP contribution in [0.25, 0.3) is 5.69 Å². The van der Waals surface area contributed by atoms with E-state index in [2.05, 4.69) is 4.98 Å². The topological polar surface area (TPSA) is 54.9 Å². The normalized spacial score (nSPS) is 11.1. The molecular weight excluding hydrogens is 283 g/mol. The first kappa shape index (κ1) is 14.5. The first-order valence-corrected chi connectivity index (χ1v) is 6.52. The Labute approximate surface area is 119 Å². The van der Waals surface area contributed by atoms with Crippen molar-refractivity contribution >= 4 is 11.6 Å². The summed E-state index contributed by atoms with van der Waals surface area (Å²) in [6.07, 6.45) is 0. The second-order valence-electron chi connectivity index (χ2n) is 4.91. The van der Waals surface area contributed by atoms with E-state index >= 15 is 0 Å². The van der Waals surface area contributed by atoms with Crippen LogP contribution in [0, 0.1) is 12.7 Å². The second kappa shape index (κ2) is 5.25. The summed E-state index contributed by atoms with van der Waals surface area (Å²) < 4.78 is 14.7. The molecule has 0 aliphatic rings. The van der Waals surface area contributed by atoms with E-state index in [4.69, 9.17) is 11.6 Å². The van der Waals surface area contributed by atoms with Crippen LogP contribution in [-0.2, 0) is 0 Å². The van der Waals surface area contributed by atoms with E-state index in [0.717, 1.165) is 10.1 Å². The van der Waals surface area contributed by atoms with Crippen LogP contribution in [0.3, 0.4) is 0 Å². The van der Waals surface area contributed by atoms with Crippen LogP contribution >= 0.6 is 11.6 Å². The molecule has 0 atom stereocenters. The molecule has 1 aromatic carbocycles. The van der Waals surface area contributed by atoms with Crippen molar-refractivity contribution in [2.75, 3.05) is 0 Å². The summed E-state index contributed by atoms with van der Waals surface area (Å²) in [5.74, 6) is -0.828. The van der Waals surface area contributed by atoms with E-state index in [1.165, 1.54) is 12.1 Å². The quantitative estimate of drug-likeness (QED) is 0.866. The minimum absolute atomic E-state index is 0.000638. The maximum atomic E-state index is 13.9. The number of H-pyrrole nitrogens is 1. The van der Waals surface area contributed by atoms with Crippen LogP contribution in [0.5, 0.6) is 0 Å². The third kappa shape index (κ3) is 2.41. The minimum atomic E-state index is -0.756. The molecule has 20 heavy (non-hydrogen) atoms. The molecule has 0 aliphatic carbocycles. The number of aromatic amines is 1. The molecule has 6 heteroatoms. The van der Waals surface area contributed by atoms with Gasteiger partial charge in [-0.3, -0.25) is 9.78 Å². The number of benzene rings is 1. The van der Waals surface area contributed by atoms with Gasteiger partial charge in [0.05, 0.1) is 11.3 Å². The van der Waals surface area contributed by atoms with Gasteiger partial charge in [0.1, 0.15) is 11.0 Å². The van der Waals surface area contributed by atoms with Gasteiger partial charge in [0.15, 0.2) is 0 Å². The smallest absolute Gasteiger partial charge is 0.297 e. The Balaban J connectivity index is 2.88. The van der Waals surface area contributed by atoms with Crippen molar-refractivity contribution in [3.63, 3.8) is 0 Å². The van der Waals surface area contributed by atoms with Crippen LogP contribution in [0.4, 0.5) is 4.39 Å². The Kier molecular flexibility index (Phi) is 3.81. The van der Waals surface area contributed by atoms with Crippen molar-refractivity contribution < 1.29 is 4.39 Å². The first-order chi connectivity index (χ1) is 9.32. The fraction of sp³-hybridized carbons (Fsp3) is 0.286. The molecule has 4 nitrogen and oxygen atoms in total. The number of rotatable bonds is 2. The van der Waals surface area contributed by atoms with Crippen molar-refractivity contribution in [2.24, 2.45) is 0 Å². The average molecular weight is 297 g/mol. The van der Waals surface area contributed by atoms with E-state index in [9.17, 15) is 14.0 Å². The highest BCUT2D eigenvalue weighted by atomic mass is 35.5. The van der Waals surface area contributed by atoms with Crippen LogP contribution in [0.1, 0.15) is 30.9 Å². The zero-order valence-corrected chi connectivity index (χ0v) is 12.1. The lowest BCUT2D eigenvalue weighted by Crippen LogP contribution is -2.37. The summed E-state index contributed by atoms with van der Waals surface area (Å²) in [6, 6.07) is 4.24. The van der Waals surface area contributed by atoms with Gasteiger partial charge in [-0.2, -0.15) is 0 Å². The maximum Gasteiger partial charge on any atom is 0.334 e. The summed E-state index contributed by atoms with van der Waals surface area (Å²) in [4.78, 5) is 26.7. The van der Waals surface area contributed by atoms with Crippen LogP contribution < -0.4 is 11.2 Å². The molecule has 2 aromatic rings. The Morgan fingerprint density at radius 1 is 1.30 bits per heavy atom. The lowest BCUT2D eigenvalue weighted by atomic mass is 10.1. The molecule has 0 fully saturated rings. The summed E-state index contributed by atoms with van der Waals surface area (Å²) in [5, 5.41) is -0.000638. The van der Waals surface area contributed by atoms with Gasteiger partial charge < -0.3 is 0 Å². The van der Waals surface area contributed by atoms with Gasteiger partial charge in [-0.1, -0.05) is 31.5 Å². The van der Waals surface area contributed by atoms with E-state index in [0.29, 0.717) is 0 Å². The molecule has 2 rings (SSSR count). The van der Waals surface area contributed by atoms with Gasteiger partial charge in [0, 0.05) is 0 Å². The molecule has 0 unspecified atom stereocenters. The first-order valence-electron chi connectivity index (χ1n) is 6.14. The van der Waals surface area contributed by atoms with Crippen molar-refractivity contribution in [1.29, 1.82) is 0 Å². The highest BCUT2D eigenvalue weighted by molar-refractivity contribution is 6.30. The standard InChI is InChI=1S/C14H14ClFN2O2/c1-7(2)11-12(15)17-14(20)18(13(11)19)10-6-8(3)4-5-9(10)16/h4-7H,1-3H3,(H,17,20). The van der Waals surface area contributed by atoms with Gasteiger partial charge in [-0.25, -0.2) is 13.8 Å². The predicted octanol–water partition coefficient (Wildman–Crippen LogP) is 2.75. The number of halogens is 2. The Morgan fingerprint density at radius 3 is 2.55 bits per heavy atom. The number of hydrogen-bond acceptors (Lipinski definition) is 2. The molecule has 1 heterocycles. The minimum Gasteiger partial charge on any atom is -0.297 e. The number of hydrogen-bond donors (Lipinski definition) is 1. The molecule has 1 N–H and O–H groups in total. The predicted molar refractivity (Wildman–Crippen MR) is 76.5 cm³/mol. The molecule has 106 valence electrons. The van der Waals surface area contributed by atoms with Crippen molar-refractivity contribution in [1.82, 2.24) is 9.55 Å². The SMILES string of the molecule is Cc1ccc(F)c(-n2c(=O)[nH]c(Cl)c(C(C)C)c2=O)c1. The Bertz CT molecular complexity index is 778. The number of aromatic nitrogens is 2. The van der Waals surface area contributed by atoms with Gasteiger partial charge in [-0.05, 0) is 30.5 Å². The van der Waals surface area contributed by atoms with Crippen LogP contribution in [0.2, 0.25) is 5.15 Å².